The second kappa shape index (κ2) is 6.99. The number of rotatable bonds is 6. The van der Waals surface area contributed by atoms with Gasteiger partial charge in [0.25, 0.3) is 0 Å². The number of halogens is 1. The molecule has 0 atom stereocenters. The predicted octanol–water partition coefficient (Wildman–Crippen LogP) is 6.31. The molecule has 0 aliphatic carbocycles. The average molecular weight is 381 g/mol. The van der Waals surface area contributed by atoms with Gasteiger partial charge >= 0.3 is 0 Å². The number of thiophene rings is 1. The molecular weight excluding hydrogens is 364 g/mol. The van der Waals surface area contributed by atoms with Crippen molar-refractivity contribution >= 4 is 49.0 Å². The maximum absolute atomic E-state index is 4.21. The molecule has 110 valence electrons. The zero-order valence-corrected chi connectivity index (χ0v) is 15.2. The number of aryl methyl sites for hydroxylation is 1. The van der Waals surface area contributed by atoms with Crippen molar-refractivity contribution in [3.8, 4) is 10.4 Å². The lowest BCUT2D eigenvalue weighted by Gasteiger charge is -2.00. The van der Waals surface area contributed by atoms with Crippen molar-refractivity contribution in [1.29, 1.82) is 0 Å². The highest BCUT2D eigenvalue weighted by Crippen LogP contribution is 2.37. The van der Waals surface area contributed by atoms with Gasteiger partial charge in [-0.1, -0.05) is 36.7 Å². The van der Waals surface area contributed by atoms with E-state index in [1.807, 2.05) is 11.3 Å². The number of aromatic nitrogens is 2. The molecule has 3 aromatic rings. The van der Waals surface area contributed by atoms with Crippen molar-refractivity contribution in [3.05, 3.63) is 33.6 Å². The minimum Gasteiger partial charge on any atom is -0.140 e. The summed E-state index contributed by atoms with van der Waals surface area (Å²) in [6.07, 6.45) is 6.48. The zero-order chi connectivity index (χ0) is 14.7. The molecule has 2 aromatic heterocycles. The van der Waals surface area contributed by atoms with Crippen LogP contribution in [-0.4, -0.2) is 9.59 Å². The van der Waals surface area contributed by atoms with Crippen molar-refractivity contribution in [3.63, 3.8) is 0 Å². The maximum Gasteiger partial charge on any atom is 0.120 e. The minimum atomic E-state index is 0.968. The van der Waals surface area contributed by atoms with Gasteiger partial charge in [0.15, 0.2) is 0 Å². The Hall–Kier alpha value is -0.780. The van der Waals surface area contributed by atoms with Gasteiger partial charge in [-0.2, -0.15) is 0 Å². The summed E-state index contributed by atoms with van der Waals surface area (Å²) in [5.74, 6) is 0. The van der Waals surface area contributed by atoms with Crippen LogP contribution in [0.5, 0.6) is 0 Å². The number of unbranched alkanes of at least 4 members (excludes halogenated alkanes) is 3. The summed E-state index contributed by atoms with van der Waals surface area (Å²) in [6, 6.07) is 8.75. The molecule has 0 unspecified atom stereocenters. The van der Waals surface area contributed by atoms with Gasteiger partial charge in [-0.05, 0) is 58.5 Å². The largest absolute Gasteiger partial charge is 0.140 e. The monoisotopic (exact) mass is 380 g/mol. The third-order valence-corrected chi connectivity index (χ3v) is 6.14. The first-order valence-corrected chi connectivity index (χ1v) is 9.67. The van der Waals surface area contributed by atoms with Crippen molar-refractivity contribution in [2.45, 2.75) is 39.0 Å². The van der Waals surface area contributed by atoms with Crippen molar-refractivity contribution < 1.29 is 0 Å². The SMILES string of the molecule is CCCCCCc1ccc(-c2ccc(Br)c3nnsc23)s1. The molecule has 1 aromatic carbocycles. The van der Waals surface area contributed by atoms with Crippen LogP contribution in [0.2, 0.25) is 0 Å². The summed E-state index contributed by atoms with van der Waals surface area (Å²) >= 11 is 6.92. The van der Waals surface area contributed by atoms with Gasteiger partial charge in [0, 0.05) is 19.8 Å². The Morgan fingerprint density at radius 2 is 2.00 bits per heavy atom. The van der Waals surface area contributed by atoms with E-state index in [4.69, 9.17) is 0 Å². The molecule has 0 saturated heterocycles. The smallest absolute Gasteiger partial charge is 0.120 e. The Labute approximate surface area is 141 Å². The highest BCUT2D eigenvalue weighted by Gasteiger charge is 2.12. The first kappa shape index (κ1) is 15.1. The highest BCUT2D eigenvalue weighted by atomic mass is 79.9. The van der Waals surface area contributed by atoms with Crippen LogP contribution >= 0.6 is 38.8 Å². The van der Waals surface area contributed by atoms with Crippen LogP contribution in [0, 0.1) is 0 Å². The Bertz CT molecular complexity index is 733. The van der Waals surface area contributed by atoms with Gasteiger partial charge in [-0.3, -0.25) is 0 Å². The molecule has 0 N–H and O–H groups in total. The molecule has 0 saturated carbocycles. The average Bonchev–Trinajstić information content (AvgIpc) is 3.14. The van der Waals surface area contributed by atoms with Gasteiger partial charge in [0.05, 0.1) is 4.70 Å². The summed E-state index contributed by atoms with van der Waals surface area (Å²) in [7, 11) is 0. The molecule has 0 fully saturated rings. The van der Waals surface area contributed by atoms with Crippen LogP contribution in [0.4, 0.5) is 0 Å². The summed E-state index contributed by atoms with van der Waals surface area (Å²) < 4.78 is 6.28. The minimum absolute atomic E-state index is 0.968. The number of nitrogens with zero attached hydrogens (tertiary/aromatic N) is 2. The van der Waals surface area contributed by atoms with E-state index >= 15 is 0 Å². The van der Waals surface area contributed by atoms with Gasteiger partial charge in [0.2, 0.25) is 0 Å². The third kappa shape index (κ3) is 3.35. The lowest BCUT2D eigenvalue weighted by atomic mass is 10.1. The summed E-state index contributed by atoms with van der Waals surface area (Å²) in [4.78, 5) is 2.80. The number of fused-ring (bicyclic) bond motifs is 1. The van der Waals surface area contributed by atoms with Gasteiger partial charge in [-0.25, -0.2) is 0 Å². The Morgan fingerprint density at radius 3 is 2.86 bits per heavy atom. The number of hydrogen-bond donors (Lipinski definition) is 0. The van der Waals surface area contributed by atoms with E-state index in [0.717, 1.165) is 9.99 Å². The van der Waals surface area contributed by atoms with Crippen LogP contribution < -0.4 is 0 Å². The summed E-state index contributed by atoms with van der Waals surface area (Å²) in [5, 5.41) is 4.21. The fourth-order valence-electron chi connectivity index (χ4n) is 2.41. The van der Waals surface area contributed by atoms with Crippen LogP contribution in [-0.2, 0) is 6.42 Å². The van der Waals surface area contributed by atoms with E-state index in [9.17, 15) is 0 Å². The van der Waals surface area contributed by atoms with Crippen LogP contribution in [0.3, 0.4) is 0 Å². The molecule has 0 amide bonds. The number of hydrogen-bond acceptors (Lipinski definition) is 4. The quantitative estimate of drug-likeness (QED) is 0.468. The van der Waals surface area contributed by atoms with Gasteiger partial charge < -0.3 is 0 Å². The fraction of sp³-hybridized carbons (Fsp3) is 0.375. The van der Waals surface area contributed by atoms with Crippen molar-refractivity contribution in [2.75, 3.05) is 0 Å². The summed E-state index contributed by atoms with van der Waals surface area (Å²) in [6.45, 7) is 2.26. The summed E-state index contributed by atoms with van der Waals surface area (Å²) in [5.41, 5.74) is 2.23. The topological polar surface area (TPSA) is 25.8 Å². The van der Waals surface area contributed by atoms with E-state index in [1.54, 1.807) is 0 Å². The second-order valence-electron chi connectivity index (χ2n) is 5.12. The van der Waals surface area contributed by atoms with Crippen LogP contribution in [0.15, 0.2) is 28.7 Å². The first-order chi connectivity index (χ1) is 10.3. The molecule has 2 nitrogen and oxygen atoms in total. The fourth-order valence-corrected chi connectivity index (χ4v) is 4.82. The standard InChI is InChI=1S/C16H17BrN2S2/c1-2-3-4-5-6-11-7-10-14(20-11)12-8-9-13(17)15-16(12)21-19-18-15/h7-10H,2-6H2,1H3. The maximum atomic E-state index is 4.21. The number of benzene rings is 1. The van der Waals surface area contributed by atoms with Gasteiger partial charge in [0.1, 0.15) is 5.52 Å². The molecule has 0 spiro atoms. The predicted molar refractivity (Wildman–Crippen MR) is 96.3 cm³/mol. The van der Waals surface area contributed by atoms with Crippen LogP contribution in [0.25, 0.3) is 20.7 Å². The van der Waals surface area contributed by atoms with E-state index < -0.39 is 0 Å². The molecular formula is C16H17BrN2S2. The third-order valence-electron chi connectivity index (χ3n) is 3.56. The molecule has 0 radical (unpaired) electrons. The Balaban J connectivity index is 1.82. The van der Waals surface area contributed by atoms with Crippen molar-refractivity contribution in [1.82, 2.24) is 9.59 Å². The second-order valence-corrected chi connectivity index (χ2v) is 7.90. The van der Waals surface area contributed by atoms with Crippen LogP contribution in [0.1, 0.15) is 37.5 Å². The molecule has 0 aliphatic rings. The zero-order valence-electron chi connectivity index (χ0n) is 11.9. The van der Waals surface area contributed by atoms with E-state index in [-0.39, 0.29) is 0 Å². The molecule has 21 heavy (non-hydrogen) atoms. The Morgan fingerprint density at radius 1 is 1.10 bits per heavy atom. The normalized spacial score (nSPS) is 11.3. The van der Waals surface area contributed by atoms with E-state index in [2.05, 4.69) is 56.7 Å². The van der Waals surface area contributed by atoms with Gasteiger partial charge in [-0.15, -0.1) is 16.4 Å². The molecule has 3 rings (SSSR count). The molecule has 0 bridgehead atoms. The lowest BCUT2D eigenvalue weighted by molar-refractivity contribution is 0.670. The highest BCUT2D eigenvalue weighted by molar-refractivity contribution is 9.10. The van der Waals surface area contributed by atoms with Crippen molar-refractivity contribution in [2.24, 2.45) is 0 Å². The molecule has 0 aliphatic heterocycles. The van der Waals surface area contributed by atoms with E-state index in [0.29, 0.717) is 0 Å². The Kier molecular flexibility index (Phi) is 5.03. The van der Waals surface area contributed by atoms with E-state index in [1.165, 1.54) is 63.7 Å². The lowest BCUT2D eigenvalue weighted by Crippen LogP contribution is -1.80. The molecule has 2 heterocycles. The molecule has 5 heteroatoms. The first-order valence-electron chi connectivity index (χ1n) is 7.29.